The molecule has 0 fully saturated rings. The Labute approximate surface area is 127 Å². The molecule has 0 amide bonds. The Hall–Kier alpha value is -2.29. The van der Waals surface area contributed by atoms with Crippen LogP contribution in [-0.4, -0.2) is 5.78 Å². The number of benzene rings is 2. The zero-order valence-corrected chi connectivity index (χ0v) is 12.3. The minimum absolute atomic E-state index is 0.0196. The Balaban J connectivity index is 2.03. The fraction of sp³-hybridized carbons (Fsp3) is 0.211. The van der Waals surface area contributed by atoms with Gasteiger partial charge in [0.25, 0.3) is 0 Å². The van der Waals surface area contributed by atoms with Crippen molar-refractivity contribution in [2.45, 2.75) is 19.8 Å². The number of fused-ring (bicyclic) bond motifs is 1. The topological polar surface area (TPSA) is 17.1 Å². The summed E-state index contributed by atoms with van der Waals surface area (Å²) >= 11 is 0. The molecule has 0 heterocycles. The van der Waals surface area contributed by atoms with Gasteiger partial charge in [-0.2, -0.15) is 0 Å². The Kier molecular flexibility index (Phi) is 2.51. The highest BCUT2D eigenvalue weighted by Gasteiger charge is 2.57. The summed E-state index contributed by atoms with van der Waals surface area (Å²) in [6, 6.07) is 8.45. The number of ketones is 1. The SMILES string of the molecule is Cc1cc(F)c(F)c(C2c3ccccc3C(=O)C23C=C3)c1C. The maximum Gasteiger partial charge on any atom is 0.177 e. The molecule has 3 heteroatoms. The van der Waals surface area contributed by atoms with E-state index in [0.29, 0.717) is 22.3 Å². The van der Waals surface area contributed by atoms with Gasteiger partial charge in [0.1, 0.15) is 0 Å². The molecule has 2 aromatic carbocycles. The molecule has 4 rings (SSSR count). The number of hydrogen-bond acceptors (Lipinski definition) is 1. The van der Waals surface area contributed by atoms with Crippen LogP contribution < -0.4 is 0 Å². The monoisotopic (exact) mass is 296 g/mol. The van der Waals surface area contributed by atoms with Crippen LogP contribution in [-0.2, 0) is 0 Å². The van der Waals surface area contributed by atoms with Crippen molar-refractivity contribution in [3.05, 3.63) is 81.9 Å². The van der Waals surface area contributed by atoms with Gasteiger partial charge in [0.05, 0.1) is 5.41 Å². The zero-order valence-electron chi connectivity index (χ0n) is 12.3. The maximum absolute atomic E-state index is 14.6. The van der Waals surface area contributed by atoms with Crippen molar-refractivity contribution in [3.63, 3.8) is 0 Å². The molecule has 0 N–H and O–H groups in total. The van der Waals surface area contributed by atoms with Crippen molar-refractivity contribution < 1.29 is 13.6 Å². The van der Waals surface area contributed by atoms with Gasteiger partial charge < -0.3 is 0 Å². The number of carbonyl (C=O) groups excluding carboxylic acids is 1. The average Bonchev–Trinajstić information content (AvgIpc) is 3.26. The van der Waals surface area contributed by atoms with Gasteiger partial charge in [-0.05, 0) is 36.6 Å². The van der Waals surface area contributed by atoms with Crippen LogP contribution in [0.15, 0.2) is 42.5 Å². The second-order valence-electron chi connectivity index (χ2n) is 6.14. The van der Waals surface area contributed by atoms with E-state index in [0.717, 1.165) is 5.56 Å². The molecule has 22 heavy (non-hydrogen) atoms. The van der Waals surface area contributed by atoms with Gasteiger partial charge in [-0.25, -0.2) is 8.78 Å². The second kappa shape index (κ2) is 4.13. The van der Waals surface area contributed by atoms with Gasteiger partial charge in [-0.3, -0.25) is 4.79 Å². The van der Waals surface area contributed by atoms with Crippen LogP contribution in [0, 0.1) is 30.9 Å². The van der Waals surface area contributed by atoms with Crippen LogP contribution in [0.1, 0.15) is 38.5 Å². The van der Waals surface area contributed by atoms with Gasteiger partial charge in [-0.15, -0.1) is 0 Å². The number of hydrogen-bond donors (Lipinski definition) is 0. The predicted molar refractivity (Wildman–Crippen MR) is 80.0 cm³/mol. The lowest BCUT2D eigenvalue weighted by Crippen LogP contribution is -2.20. The predicted octanol–water partition coefficient (Wildman–Crippen LogP) is 4.47. The van der Waals surface area contributed by atoms with Gasteiger partial charge in [0.15, 0.2) is 17.4 Å². The van der Waals surface area contributed by atoms with Crippen molar-refractivity contribution >= 4 is 5.78 Å². The molecule has 0 bridgehead atoms. The molecule has 1 atom stereocenters. The fourth-order valence-electron chi connectivity index (χ4n) is 3.62. The summed E-state index contributed by atoms with van der Waals surface area (Å²) < 4.78 is 28.5. The van der Waals surface area contributed by atoms with E-state index in [1.54, 1.807) is 38.1 Å². The molecular weight excluding hydrogens is 282 g/mol. The number of rotatable bonds is 1. The van der Waals surface area contributed by atoms with Crippen LogP contribution in [0.25, 0.3) is 0 Å². The largest absolute Gasteiger partial charge is 0.293 e. The summed E-state index contributed by atoms with van der Waals surface area (Å²) in [4.78, 5) is 12.7. The molecule has 2 aliphatic carbocycles. The highest BCUT2D eigenvalue weighted by Crippen LogP contribution is 2.59. The van der Waals surface area contributed by atoms with Gasteiger partial charge in [0.2, 0.25) is 0 Å². The van der Waals surface area contributed by atoms with Crippen molar-refractivity contribution in [1.29, 1.82) is 0 Å². The van der Waals surface area contributed by atoms with Crippen LogP contribution in [0.2, 0.25) is 0 Å². The molecule has 0 saturated carbocycles. The summed E-state index contributed by atoms with van der Waals surface area (Å²) in [6.45, 7) is 3.55. The van der Waals surface area contributed by atoms with E-state index >= 15 is 0 Å². The van der Waals surface area contributed by atoms with Crippen LogP contribution in [0.5, 0.6) is 0 Å². The molecule has 2 aromatic rings. The Bertz CT molecular complexity index is 832. The highest BCUT2D eigenvalue weighted by molar-refractivity contribution is 6.11. The van der Waals surface area contributed by atoms with Crippen LogP contribution >= 0.6 is 0 Å². The first kappa shape index (κ1) is 13.4. The van der Waals surface area contributed by atoms with E-state index in [-0.39, 0.29) is 5.78 Å². The standard InChI is InChI=1S/C19H14F2O/c1-10-9-14(20)17(21)15(11(10)2)16-12-5-3-4-6-13(12)18(22)19(16)7-8-19/h3-9,16H,1-2H3. The summed E-state index contributed by atoms with van der Waals surface area (Å²) in [5.74, 6) is -2.18. The number of aryl methyl sites for hydroxylation is 1. The third kappa shape index (κ3) is 1.48. The lowest BCUT2D eigenvalue weighted by molar-refractivity contribution is 0.0927. The zero-order chi connectivity index (χ0) is 15.6. The first-order valence-electron chi connectivity index (χ1n) is 7.26. The summed E-state index contributed by atoms with van der Waals surface area (Å²) in [6.07, 6.45) is 3.61. The number of allylic oxidation sites excluding steroid dienone is 2. The molecular formula is C19H14F2O. The minimum Gasteiger partial charge on any atom is -0.293 e. The molecule has 0 saturated heterocycles. The number of carbonyl (C=O) groups is 1. The van der Waals surface area contributed by atoms with Crippen molar-refractivity contribution in [2.24, 2.45) is 5.41 Å². The summed E-state index contributed by atoms with van der Waals surface area (Å²) in [5.41, 5.74) is 2.31. The second-order valence-corrected chi connectivity index (χ2v) is 6.14. The molecule has 2 aliphatic rings. The third-order valence-corrected chi connectivity index (χ3v) is 4.99. The van der Waals surface area contributed by atoms with E-state index < -0.39 is 23.0 Å². The third-order valence-electron chi connectivity index (χ3n) is 4.99. The minimum atomic E-state index is -0.856. The van der Waals surface area contributed by atoms with E-state index in [2.05, 4.69) is 0 Å². The van der Waals surface area contributed by atoms with Crippen molar-refractivity contribution in [3.8, 4) is 0 Å². The molecule has 0 aromatic heterocycles. The lowest BCUT2D eigenvalue weighted by Gasteiger charge is -2.23. The van der Waals surface area contributed by atoms with E-state index in [1.165, 1.54) is 6.07 Å². The van der Waals surface area contributed by atoms with Crippen molar-refractivity contribution in [2.75, 3.05) is 0 Å². The Morgan fingerprint density at radius 1 is 1.09 bits per heavy atom. The van der Waals surface area contributed by atoms with E-state index in [1.807, 2.05) is 12.1 Å². The summed E-state index contributed by atoms with van der Waals surface area (Å²) in [5, 5.41) is 0. The van der Waals surface area contributed by atoms with Gasteiger partial charge in [-0.1, -0.05) is 36.4 Å². The van der Waals surface area contributed by atoms with Crippen LogP contribution in [0.3, 0.4) is 0 Å². The normalized spacial score (nSPS) is 20.5. The Morgan fingerprint density at radius 3 is 2.45 bits per heavy atom. The lowest BCUT2D eigenvalue weighted by atomic mass is 9.78. The number of halogens is 2. The molecule has 0 radical (unpaired) electrons. The maximum atomic E-state index is 14.6. The average molecular weight is 296 g/mol. The van der Waals surface area contributed by atoms with Crippen molar-refractivity contribution in [1.82, 2.24) is 0 Å². The quantitative estimate of drug-likeness (QED) is 0.710. The Morgan fingerprint density at radius 2 is 1.77 bits per heavy atom. The molecule has 1 nitrogen and oxygen atoms in total. The smallest absolute Gasteiger partial charge is 0.177 e. The van der Waals surface area contributed by atoms with Gasteiger partial charge >= 0.3 is 0 Å². The molecule has 1 spiro atoms. The van der Waals surface area contributed by atoms with Crippen LogP contribution in [0.4, 0.5) is 8.78 Å². The van der Waals surface area contributed by atoms with Gasteiger partial charge in [0, 0.05) is 17.0 Å². The summed E-state index contributed by atoms with van der Waals surface area (Å²) in [7, 11) is 0. The highest BCUT2D eigenvalue weighted by atomic mass is 19.2. The first-order valence-corrected chi connectivity index (χ1v) is 7.26. The molecule has 1 unspecified atom stereocenters. The number of Topliss-reactive ketones (excluding diaryl/α,β-unsaturated/α-hetero) is 1. The van der Waals surface area contributed by atoms with E-state index in [4.69, 9.17) is 0 Å². The molecule has 110 valence electrons. The first-order chi connectivity index (χ1) is 10.5. The van der Waals surface area contributed by atoms with E-state index in [9.17, 15) is 13.6 Å². The molecule has 0 aliphatic heterocycles. The fourth-order valence-corrected chi connectivity index (χ4v) is 3.62.